The number of carbonyl (C=O) groups excluding carboxylic acids is 2. The van der Waals surface area contributed by atoms with Crippen molar-refractivity contribution >= 4 is 11.8 Å². The number of hydrogen-bond donors (Lipinski definition) is 3. The summed E-state index contributed by atoms with van der Waals surface area (Å²) < 4.78 is 1.62. The zero-order valence-electron chi connectivity index (χ0n) is 16.2. The molecule has 4 rings (SSSR count). The summed E-state index contributed by atoms with van der Waals surface area (Å²) in [5.74, 6) is -0.538. The van der Waals surface area contributed by atoms with Gasteiger partial charge in [-0.2, -0.15) is 5.10 Å². The highest BCUT2D eigenvalue weighted by Crippen LogP contribution is 2.55. The zero-order valence-corrected chi connectivity index (χ0v) is 16.2. The van der Waals surface area contributed by atoms with Crippen molar-refractivity contribution < 1.29 is 14.7 Å². The smallest absolute Gasteiger partial charge is 0.271 e. The van der Waals surface area contributed by atoms with Gasteiger partial charge in [-0.3, -0.25) is 14.3 Å². The summed E-state index contributed by atoms with van der Waals surface area (Å²) in [7, 11) is 1.54. The van der Waals surface area contributed by atoms with E-state index in [1.807, 2.05) is 37.3 Å². The van der Waals surface area contributed by atoms with Gasteiger partial charge in [-0.05, 0) is 43.6 Å². The van der Waals surface area contributed by atoms with Crippen molar-refractivity contribution in [3.63, 3.8) is 0 Å². The number of hydrogen-bond acceptors (Lipinski definition) is 4. The predicted molar refractivity (Wildman–Crippen MR) is 104 cm³/mol. The second-order valence-corrected chi connectivity index (χ2v) is 8.17. The Morgan fingerprint density at radius 1 is 1.18 bits per heavy atom. The third-order valence-electron chi connectivity index (χ3n) is 6.11. The van der Waals surface area contributed by atoms with E-state index in [-0.39, 0.29) is 41.1 Å². The molecule has 7 nitrogen and oxygen atoms in total. The zero-order chi connectivity index (χ0) is 19.9. The van der Waals surface area contributed by atoms with Gasteiger partial charge in [0.15, 0.2) is 5.69 Å². The molecule has 0 radical (unpaired) electrons. The van der Waals surface area contributed by atoms with Crippen LogP contribution in [0, 0.1) is 5.41 Å². The second kappa shape index (κ2) is 7.05. The summed E-state index contributed by atoms with van der Waals surface area (Å²) in [4.78, 5) is 25.0. The van der Waals surface area contributed by atoms with Crippen LogP contribution in [-0.2, 0) is 0 Å². The number of aliphatic hydroxyl groups is 1. The third-order valence-corrected chi connectivity index (χ3v) is 6.11. The predicted octanol–water partition coefficient (Wildman–Crippen LogP) is 1.89. The van der Waals surface area contributed by atoms with E-state index >= 15 is 0 Å². The summed E-state index contributed by atoms with van der Waals surface area (Å²) >= 11 is 0. The van der Waals surface area contributed by atoms with Gasteiger partial charge < -0.3 is 15.7 Å². The summed E-state index contributed by atoms with van der Waals surface area (Å²) in [5.41, 5.74) is 1.84. The number of amides is 2. The summed E-state index contributed by atoms with van der Waals surface area (Å²) in [6.45, 7) is 1.96. The van der Waals surface area contributed by atoms with Crippen LogP contribution in [0.15, 0.2) is 36.4 Å². The molecule has 0 bridgehead atoms. The maximum atomic E-state index is 13.0. The Kier molecular flexibility index (Phi) is 4.71. The number of carbonyl (C=O) groups is 2. The first kappa shape index (κ1) is 18.7. The Hall–Kier alpha value is -2.67. The molecule has 7 heteroatoms. The van der Waals surface area contributed by atoms with Gasteiger partial charge in [-0.25, -0.2) is 0 Å². The van der Waals surface area contributed by atoms with Crippen molar-refractivity contribution in [3.8, 4) is 0 Å². The lowest BCUT2D eigenvalue weighted by molar-refractivity contribution is -0.0950. The Bertz CT molecular complexity index is 878. The molecule has 0 unspecified atom stereocenters. The summed E-state index contributed by atoms with van der Waals surface area (Å²) in [6, 6.07) is 11.2. The third kappa shape index (κ3) is 3.30. The fraction of sp³-hybridized carbons (Fsp3) is 0.476. The summed E-state index contributed by atoms with van der Waals surface area (Å²) in [6.07, 6.45) is 3.30. The minimum absolute atomic E-state index is 0.110. The monoisotopic (exact) mass is 382 g/mol. The van der Waals surface area contributed by atoms with E-state index < -0.39 is 0 Å². The van der Waals surface area contributed by atoms with Crippen molar-refractivity contribution in [3.05, 3.63) is 53.3 Å². The largest absolute Gasteiger partial charge is 0.393 e. The van der Waals surface area contributed by atoms with E-state index in [9.17, 15) is 14.7 Å². The van der Waals surface area contributed by atoms with E-state index in [4.69, 9.17) is 0 Å². The number of rotatable bonds is 5. The van der Waals surface area contributed by atoms with Crippen LogP contribution in [0.4, 0.5) is 0 Å². The molecular formula is C21H26N4O3. The molecule has 2 saturated carbocycles. The molecule has 148 valence electrons. The van der Waals surface area contributed by atoms with Gasteiger partial charge in [0.25, 0.3) is 11.8 Å². The van der Waals surface area contributed by atoms with Gasteiger partial charge in [0.05, 0.1) is 12.1 Å². The van der Waals surface area contributed by atoms with Crippen molar-refractivity contribution in [2.45, 2.75) is 50.8 Å². The molecule has 1 heterocycles. The van der Waals surface area contributed by atoms with Gasteiger partial charge in [0.1, 0.15) is 5.69 Å². The highest BCUT2D eigenvalue weighted by atomic mass is 16.3. The molecule has 2 fully saturated rings. The van der Waals surface area contributed by atoms with E-state index in [0.717, 1.165) is 31.2 Å². The molecule has 28 heavy (non-hydrogen) atoms. The Morgan fingerprint density at radius 3 is 2.46 bits per heavy atom. The molecule has 1 spiro atoms. The molecule has 2 aromatic rings. The van der Waals surface area contributed by atoms with Gasteiger partial charge in [0, 0.05) is 19.2 Å². The average Bonchev–Trinajstić information content (AvgIpc) is 3.10. The van der Waals surface area contributed by atoms with Crippen molar-refractivity contribution in [1.29, 1.82) is 0 Å². The van der Waals surface area contributed by atoms with Gasteiger partial charge in [-0.15, -0.1) is 0 Å². The number of aliphatic hydroxyl groups excluding tert-OH is 1. The number of benzene rings is 1. The van der Waals surface area contributed by atoms with Crippen LogP contribution in [0.25, 0.3) is 0 Å². The molecule has 1 aromatic heterocycles. The molecule has 1 aromatic carbocycles. The molecular weight excluding hydrogens is 356 g/mol. The molecule has 2 amide bonds. The lowest BCUT2D eigenvalue weighted by Crippen LogP contribution is -2.57. The van der Waals surface area contributed by atoms with Crippen LogP contribution in [0.5, 0.6) is 0 Å². The molecule has 0 saturated heterocycles. The molecule has 2 aliphatic rings. The Labute approximate surface area is 164 Å². The number of aromatic nitrogens is 2. The van der Waals surface area contributed by atoms with Crippen LogP contribution in [0.1, 0.15) is 65.2 Å². The standard InChI is InChI=1S/C21H26N4O3/c1-13(14-6-4-3-5-7-14)25-18(8-17(24-25)19(27)22-2)20(28)23-15-9-21(10-15)11-16(26)12-21/h3-8,13,15-16,26H,9-12H2,1-2H3,(H,22,27)(H,23,28)/t13-,15?,16?,21?/m0/s1. The van der Waals surface area contributed by atoms with E-state index in [0.29, 0.717) is 5.69 Å². The number of nitrogens with zero attached hydrogens (tertiary/aromatic N) is 2. The van der Waals surface area contributed by atoms with Crippen LogP contribution in [0.3, 0.4) is 0 Å². The van der Waals surface area contributed by atoms with Gasteiger partial charge in [-0.1, -0.05) is 30.3 Å². The number of nitrogens with one attached hydrogen (secondary N) is 2. The van der Waals surface area contributed by atoms with E-state index in [1.165, 1.54) is 0 Å². The molecule has 0 aliphatic heterocycles. The Morgan fingerprint density at radius 2 is 1.86 bits per heavy atom. The first-order valence-electron chi connectivity index (χ1n) is 9.76. The fourth-order valence-corrected chi connectivity index (χ4v) is 4.59. The van der Waals surface area contributed by atoms with Crippen molar-refractivity contribution in [2.75, 3.05) is 7.05 Å². The van der Waals surface area contributed by atoms with Gasteiger partial charge >= 0.3 is 0 Å². The SMILES string of the molecule is CNC(=O)c1cc(C(=O)NC2CC3(CC(O)C3)C2)n([C@@H](C)c2ccccc2)n1. The first-order valence-corrected chi connectivity index (χ1v) is 9.76. The minimum Gasteiger partial charge on any atom is -0.393 e. The normalized spacial score (nSPS) is 26.8. The van der Waals surface area contributed by atoms with Crippen LogP contribution in [-0.4, -0.2) is 45.9 Å². The lowest BCUT2D eigenvalue weighted by Gasteiger charge is -2.56. The highest BCUT2D eigenvalue weighted by Gasteiger charge is 2.52. The lowest BCUT2D eigenvalue weighted by atomic mass is 9.53. The minimum atomic E-state index is -0.320. The van der Waals surface area contributed by atoms with Crippen molar-refractivity contribution in [2.24, 2.45) is 5.41 Å². The topological polar surface area (TPSA) is 96.3 Å². The highest BCUT2D eigenvalue weighted by molar-refractivity contribution is 5.98. The second-order valence-electron chi connectivity index (χ2n) is 8.17. The van der Waals surface area contributed by atoms with Crippen LogP contribution < -0.4 is 10.6 Å². The summed E-state index contributed by atoms with van der Waals surface area (Å²) in [5, 5.41) is 19.6. The molecule has 1 atom stereocenters. The van der Waals surface area contributed by atoms with Crippen LogP contribution >= 0.6 is 0 Å². The average molecular weight is 382 g/mol. The van der Waals surface area contributed by atoms with E-state index in [2.05, 4.69) is 15.7 Å². The van der Waals surface area contributed by atoms with Crippen molar-refractivity contribution in [1.82, 2.24) is 20.4 Å². The maximum absolute atomic E-state index is 13.0. The van der Waals surface area contributed by atoms with Crippen LogP contribution in [0.2, 0.25) is 0 Å². The Balaban J connectivity index is 1.54. The van der Waals surface area contributed by atoms with Gasteiger partial charge in [0.2, 0.25) is 0 Å². The van der Waals surface area contributed by atoms with E-state index in [1.54, 1.807) is 17.8 Å². The maximum Gasteiger partial charge on any atom is 0.271 e. The fourth-order valence-electron chi connectivity index (χ4n) is 4.59. The quantitative estimate of drug-likeness (QED) is 0.736. The molecule has 3 N–H and O–H groups in total. The molecule has 2 aliphatic carbocycles. The first-order chi connectivity index (χ1) is 13.4.